The Kier molecular flexibility index (Phi) is 1.40. The predicted octanol–water partition coefficient (Wildman–Crippen LogP) is 0.162. The number of nitrogens with two attached hydrogens (primary N) is 1. The molecule has 0 aliphatic carbocycles. The van der Waals surface area contributed by atoms with Crippen molar-refractivity contribution in [2.75, 3.05) is 0 Å². The molecule has 10 heavy (non-hydrogen) atoms. The second-order valence-electron chi connectivity index (χ2n) is 2.80. The highest BCUT2D eigenvalue weighted by Crippen LogP contribution is 2.12. The average molecular weight is 142 g/mol. The molecule has 4 nitrogen and oxygen atoms in total. The Morgan fingerprint density at radius 2 is 2.30 bits per heavy atom. The summed E-state index contributed by atoms with van der Waals surface area (Å²) in [5.41, 5.74) is 4.78. The minimum absolute atomic E-state index is 0.256. The fourth-order valence-corrected chi connectivity index (χ4v) is 0.601. The summed E-state index contributed by atoms with van der Waals surface area (Å²) in [5.74, 6) is 0.470. The van der Waals surface area contributed by atoms with Gasteiger partial charge in [0.1, 0.15) is 0 Å². The largest absolute Gasteiger partial charge is 0.382 e. The Bertz CT molecular complexity index is 266. The fraction of sp³-hybridized carbons (Fsp3) is 0.500. The molecule has 3 N–H and O–H groups in total. The van der Waals surface area contributed by atoms with Gasteiger partial charge in [0, 0.05) is 6.07 Å². The van der Waals surface area contributed by atoms with E-state index in [0.717, 1.165) is 0 Å². The maximum Gasteiger partial charge on any atom is 0.280 e. The smallest absolute Gasteiger partial charge is 0.280 e. The molecule has 56 valence electrons. The van der Waals surface area contributed by atoms with Gasteiger partial charge in [-0.05, 0) is 13.8 Å². The van der Waals surface area contributed by atoms with Gasteiger partial charge in [0.05, 0.1) is 5.54 Å². The monoisotopic (exact) mass is 142 g/mol. The van der Waals surface area contributed by atoms with Gasteiger partial charge in [-0.3, -0.25) is 4.79 Å². The number of nitrogens with one attached hydrogen (secondary N) is 1. The van der Waals surface area contributed by atoms with Crippen LogP contribution >= 0.6 is 0 Å². The number of hydrogen-bond donors (Lipinski definition) is 2. The van der Waals surface area contributed by atoms with Crippen LogP contribution in [0.25, 0.3) is 0 Å². The Hall–Kier alpha value is -1.03. The van der Waals surface area contributed by atoms with Gasteiger partial charge in [-0.2, -0.15) is 5.16 Å². The first-order chi connectivity index (χ1) is 4.50. The summed E-state index contributed by atoms with van der Waals surface area (Å²) in [7, 11) is 0. The third kappa shape index (κ3) is 1.27. The SMILES string of the molecule is CC(C)(N)c1cc(=O)[nH]o1. The van der Waals surface area contributed by atoms with Gasteiger partial charge in [-0.1, -0.05) is 0 Å². The van der Waals surface area contributed by atoms with Crippen molar-refractivity contribution in [3.05, 3.63) is 22.2 Å². The highest BCUT2D eigenvalue weighted by atomic mass is 16.5. The number of aromatic nitrogens is 1. The van der Waals surface area contributed by atoms with Crippen molar-refractivity contribution < 1.29 is 4.52 Å². The average Bonchev–Trinajstić information content (AvgIpc) is 2.11. The molecule has 1 rings (SSSR count). The lowest BCUT2D eigenvalue weighted by atomic mass is 10.0. The second kappa shape index (κ2) is 1.98. The van der Waals surface area contributed by atoms with Gasteiger partial charge in [-0.25, -0.2) is 0 Å². The Morgan fingerprint density at radius 3 is 2.50 bits per heavy atom. The third-order valence-corrected chi connectivity index (χ3v) is 1.16. The van der Waals surface area contributed by atoms with Crippen molar-refractivity contribution in [3.63, 3.8) is 0 Å². The molecule has 0 bridgehead atoms. The van der Waals surface area contributed by atoms with Crippen LogP contribution in [0.4, 0.5) is 0 Å². The van der Waals surface area contributed by atoms with Gasteiger partial charge in [0.25, 0.3) is 5.56 Å². The molecule has 0 fully saturated rings. The molecule has 0 aromatic carbocycles. The first-order valence-corrected chi connectivity index (χ1v) is 2.98. The van der Waals surface area contributed by atoms with E-state index in [9.17, 15) is 4.79 Å². The molecular weight excluding hydrogens is 132 g/mol. The van der Waals surface area contributed by atoms with Crippen LogP contribution < -0.4 is 11.3 Å². The van der Waals surface area contributed by atoms with E-state index in [4.69, 9.17) is 10.3 Å². The molecule has 0 saturated heterocycles. The summed E-state index contributed by atoms with van der Waals surface area (Å²) in [5, 5.41) is 2.16. The maximum absolute atomic E-state index is 10.5. The normalized spacial score (nSPS) is 11.9. The maximum atomic E-state index is 10.5. The number of hydrogen-bond acceptors (Lipinski definition) is 3. The van der Waals surface area contributed by atoms with Crippen LogP contribution in [0, 0.1) is 0 Å². The third-order valence-electron chi connectivity index (χ3n) is 1.16. The standard InChI is InChI=1S/C6H10N2O2/c1-6(2,7)4-3-5(9)8-10-4/h3H,7H2,1-2H3,(H,8,9). The lowest BCUT2D eigenvalue weighted by molar-refractivity contribution is 0.318. The van der Waals surface area contributed by atoms with Crippen LogP contribution in [0.15, 0.2) is 15.4 Å². The van der Waals surface area contributed by atoms with E-state index < -0.39 is 5.54 Å². The molecule has 0 unspecified atom stereocenters. The zero-order chi connectivity index (χ0) is 7.78. The van der Waals surface area contributed by atoms with Crippen molar-refractivity contribution in [2.45, 2.75) is 19.4 Å². The fourth-order valence-electron chi connectivity index (χ4n) is 0.601. The van der Waals surface area contributed by atoms with Crippen molar-refractivity contribution in [1.29, 1.82) is 0 Å². The number of H-pyrrole nitrogens is 1. The summed E-state index contributed by atoms with van der Waals surface area (Å²) in [6.45, 7) is 3.53. The van der Waals surface area contributed by atoms with Gasteiger partial charge >= 0.3 is 0 Å². The highest BCUT2D eigenvalue weighted by Gasteiger charge is 2.18. The molecule has 4 heteroatoms. The van der Waals surface area contributed by atoms with Crippen LogP contribution in [0.5, 0.6) is 0 Å². The molecule has 0 spiro atoms. The van der Waals surface area contributed by atoms with E-state index in [0.29, 0.717) is 5.76 Å². The zero-order valence-electron chi connectivity index (χ0n) is 5.97. The van der Waals surface area contributed by atoms with E-state index >= 15 is 0 Å². The van der Waals surface area contributed by atoms with E-state index in [1.165, 1.54) is 6.07 Å². The van der Waals surface area contributed by atoms with Gasteiger partial charge in [-0.15, -0.1) is 0 Å². The van der Waals surface area contributed by atoms with E-state index in [2.05, 4.69) is 5.16 Å². The molecule has 0 atom stereocenters. The van der Waals surface area contributed by atoms with Gasteiger partial charge in [0.2, 0.25) is 0 Å². The quantitative estimate of drug-likeness (QED) is 0.586. The van der Waals surface area contributed by atoms with Crippen LogP contribution in [0.3, 0.4) is 0 Å². The summed E-state index contributed by atoms with van der Waals surface area (Å²) in [6, 6.07) is 1.35. The molecule has 1 heterocycles. The van der Waals surface area contributed by atoms with E-state index in [1.807, 2.05) is 0 Å². The molecule has 0 aliphatic heterocycles. The molecule has 1 aromatic heterocycles. The summed E-state index contributed by atoms with van der Waals surface area (Å²) < 4.78 is 4.77. The molecule has 1 aromatic rings. The molecule has 0 aliphatic rings. The second-order valence-corrected chi connectivity index (χ2v) is 2.80. The number of aromatic amines is 1. The van der Waals surface area contributed by atoms with Gasteiger partial charge in [0.15, 0.2) is 5.76 Å². The predicted molar refractivity (Wildman–Crippen MR) is 36.5 cm³/mol. The number of rotatable bonds is 1. The van der Waals surface area contributed by atoms with Crippen LogP contribution in [0.1, 0.15) is 19.6 Å². The molecule has 0 radical (unpaired) electrons. The minimum Gasteiger partial charge on any atom is -0.382 e. The van der Waals surface area contributed by atoms with Crippen LogP contribution in [-0.2, 0) is 5.54 Å². The van der Waals surface area contributed by atoms with Crippen molar-refractivity contribution in [1.82, 2.24) is 5.16 Å². The lowest BCUT2D eigenvalue weighted by Gasteiger charge is -2.12. The Balaban J connectivity index is 3.07. The Morgan fingerprint density at radius 1 is 1.70 bits per heavy atom. The van der Waals surface area contributed by atoms with Gasteiger partial charge < -0.3 is 10.3 Å². The lowest BCUT2D eigenvalue weighted by Crippen LogP contribution is -2.28. The first kappa shape index (κ1) is 7.08. The molecular formula is C6H10N2O2. The topological polar surface area (TPSA) is 72.0 Å². The minimum atomic E-state index is -0.584. The summed E-state index contributed by atoms with van der Waals surface area (Å²) in [4.78, 5) is 10.5. The first-order valence-electron chi connectivity index (χ1n) is 2.98. The van der Waals surface area contributed by atoms with Crippen molar-refractivity contribution >= 4 is 0 Å². The van der Waals surface area contributed by atoms with Crippen molar-refractivity contribution in [2.24, 2.45) is 5.73 Å². The molecule has 0 saturated carbocycles. The summed E-state index contributed by atoms with van der Waals surface area (Å²) >= 11 is 0. The molecule has 0 amide bonds. The summed E-state index contributed by atoms with van der Waals surface area (Å²) in [6.07, 6.45) is 0. The van der Waals surface area contributed by atoms with Crippen LogP contribution in [0.2, 0.25) is 0 Å². The Labute approximate surface area is 58.0 Å². The van der Waals surface area contributed by atoms with E-state index in [1.54, 1.807) is 13.8 Å². The zero-order valence-corrected chi connectivity index (χ0v) is 5.97. The van der Waals surface area contributed by atoms with E-state index in [-0.39, 0.29) is 5.56 Å². The van der Waals surface area contributed by atoms with Crippen molar-refractivity contribution in [3.8, 4) is 0 Å². The highest BCUT2D eigenvalue weighted by molar-refractivity contribution is 5.04. The van der Waals surface area contributed by atoms with Crippen LogP contribution in [-0.4, -0.2) is 5.16 Å².